The van der Waals surface area contributed by atoms with E-state index >= 15 is 0 Å². The zero-order valence-electron chi connectivity index (χ0n) is 19.0. The van der Waals surface area contributed by atoms with Crippen molar-refractivity contribution in [3.05, 3.63) is 72.7 Å². The summed E-state index contributed by atoms with van der Waals surface area (Å²) in [6.07, 6.45) is 6.72. The largest absolute Gasteiger partial charge is 0.472 e. The summed E-state index contributed by atoms with van der Waals surface area (Å²) >= 11 is 0. The molecular weight excluding hydrogens is 448 g/mol. The summed E-state index contributed by atoms with van der Waals surface area (Å²) in [6, 6.07) is 17.2. The van der Waals surface area contributed by atoms with E-state index in [1.807, 2.05) is 48.7 Å². The summed E-state index contributed by atoms with van der Waals surface area (Å²) in [5, 5.41) is 0. The average molecular weight is 477 g/mol. The molecule has 3 heterocycles. The van der Waals surface area contributed by atoms with Crippen molar-refractivity contribution < 1.29 is 13.2 Å². The van der Waals surface area contributed by atoms with Gasteiger partial charge < -0.3 is 4.74 Å². The number of ether oxygens (including phenoxy) is 1. The average Bonchev–Trinajstić information content (AvgIpc) is 3.64. The van der Waals surface area contributed by atoms with Crippen LogP contribution in [-0.4, -0.2) is 65.9 Å². The van der Waals surface area contributed by atoms with Crippen LogP contribution in [0.2, 0.25) is 0 Å². The molecule has 0 spiro atoms. The maximum Gasteiger partial charge on any atom is 0.243 e. The fourth-order valence-corrected chi connectivity index (χ4v) is 6.55. The van der Waals surface area contributed by atoms with Gasteiger partial charge in [-0.05, 0) is 36.1 Å². The topological polar surface area (TPSA) is 75.6 Å². The molecule has 3 aliphatic rings. The van der Waals surface area contributed by atoms with Gasteiger partial charge in [-0.1, -0.05) is 42.5 Å². The third-order valence-electron chi connectivity index (χ3n) is 7.05. The van der Waals surface area contributed by atoms with Crippen LogP contribution < -0.4 is 4.74 Å². The lowest BCUT2D eigenvalue weighted by atomic mass is 10.1. The summed E-state index contributed by atoms with van der Waals surface area (Å²) < 4.78 is 34.7. The number of sulfonamides is 1. The predicted molar refractivity (Wildman–Crippen MR) is 129 cm³/mol. The van der Waals surface area contributed by atoms with E-state index in [0.717, 1.165) is 29.8 Å². The first-order chi connectivity index (χ1) is 16.6. The third kappa shape index (κ3) is 4.33. The Morgan fingerprint density at radius 1 is 0.882 bits per heavy atom. The molecule has 7 nitrogen and oxygen atoms in total. The molecule has 176 valence electrons. The van der Waals surface area contributed by atoms with Crippen molar-refractivity contribution in [1.82, 2.24) is 19.2 Å². The molecule has 0 unspecified atom stereocenters. The van der Waals surface area contributed by atoms with E-state index < -0.39 is 10.0 Å². The van der Waals surface area contributed by atoms with Gasteiger partial charge in [-0.15, -0.1) is 0 Å². The smallest absolute Gasteiger partial charge is 0.243 e. The highest BCUT2D eigenvalue weighted by atomic mass is 32.2. The Hall–Kier alpha value is -2.81. The first kappa shape index (κ1) is 21.7. The number of hydrogen-bond donors (Lipinski definition) is 0. The third-order valence-corrected chi connectivity index (χ3v) is 8.91. The van der Waals surface area contributed by atoms with E-state index in [0.29, 0.717) is 36.3 Å². The standard InChI is InChI=1S/C26H28N4O3S/c31-34(32,24-8-4-7-21(13-24)19-5-2-1-3-6-19)30-12-11-29-18-23(14-22(29)17-30)33-26-16-27-25(15-28-26)20-9-10-20/h1-8,13,15-16,20,22-23H,9-12,14,17-18H2/t22-,23-/m0/s1. The lowest BCUT2D eigenvalue weighted by Gasteiger charge is -2.36. The van der Waals surface area contributed by atoms with Crippen LogP contribution in [0.3, 0.4) is 0 Å². The Kier molecular flexibility index (Phi) is 5.59. The van der Waals surface area contributed by atoms with Crippen molar-refractivity contribution >= 4 is 10.0 Å². The second-order valence-corrected chi connectivity index (χ2v) is 11.4. The van der Waals surface area contributed by atoms with Crippen LogP contribution in [0.25, 0.3) is 11.1 Å². The second kappa shape index (κ2) is 8.76. The minimum atomic E-state index is -3.57. The molecule has 34 heavy (non-hydrogen) atoms. The van der Waals surface area contributed by atoms with Crippen LogP contribution in [0.15, 0.2) is 71.9 Å². The monoisotopic (exact) mass is 476 g/mol. The van der Waals surface area contributed by atoms with Crippen LogP contribution in [0.1, 0.15) is 30.9 Å². The lowest BCUT2D eigenvalue weighted by molar-refractivity contribution is 0.151. The molecule has 3 aromatic rings. The Labute approximate surface area is 200 Å². The van der Waals surface area contributed by atoms with Crippen LogP contribution in [0.4, 0.5) is 0 Å². The zero-order chi connectivity index (χ0) is 23.1. The Balaban J connectivity index is 1.13. The van der Waals surface area contributed by atoms with Gasteiger partial charge in [-0.25, -0.2) is 13.4 Å². The van der Waals surface area contributed by atoms with Crippen LogP contribution in [-0.2, 0) is 10.0 Å². The second-order valence-electron chi connectivity index (χ2n) is 9.44. The Morgan fingerprint density at radius 3 is 2.47 bits per heavy atom. The van der Waals surface area contributed by atoms with Gasteiger partial charge in [-0.3, -0.25) is 9.88 Å². The fourth-order valence-electron chi connectivity index (χ4n) is 5.04. The number of aromatic nitrogens is 2. The molecule has 8 heteroatoms. The highest BCUT2D eigenvalue weighted by Gasteiger charge is 2.41. The highest BCUT2D eigenvalue weighted by Crippen LogP contribution is 2.38. The summed E-state index contributed by atoms with van der Waals surface area (Å²) in [5.74, 6) is 1.12. The van der Waals surface area contributed by atoms with Crippen molar-refractivity contribution in [1.29, 1.82) is 0 Å². The lowest BCUT2D eigenvalue weighted by Crippen LogP contribution is -2.51. The predicted octanol–water partition coefficient (Wildman–Crippen LogP) is 3.55. The molecule has 2 saturated heterocycles. The molecular formula is C26H28N4O3S. The molecule has 1 saturated carbocycles. The van der Waals surface area contributed by atoms with Gasteiger partial charge in [0, 0.05) is 44.6 Å². The van der Waals surface area contributed by atoms with Gasteiger partial charge in [0.15, 0.2) is 0 Å². The van der Waals surface area contributed by atoms with E-state index in [2.05, 4.69) is 14.9 Å². The quantitative estimate of drug-likeness (QED) is 0.542. The van der Waals surface area contributed by atoms with Crippen molar-refractivity contribution in [3.63, 3.8) is 0 Å². The summed E-state index contributed by atoms with van der Waals surface area (Å²) in [4.78, 5) is 11.6. The molecule has 0 amide bonds. The zero-order valence-corrected chi connectivity index (χ0v) is 19.8. The number of benzene rings is 2. The van der Waals surface area contributed by atoms with Crippen molar-refractivity contribution in [3.8, 4) is 17.0 Å². The first-order valence-corrected chi connectivity index (χ1v) is 13.4. The van der Waals surface area contributed by atoms with Gasteiger partial charge in [0.25, 0.3) is 0 Å². The van der Waals surface area contributed by atoms with Gasteiger partial charge >= 0.3 is 0 Å². The Bertz CT molecular complexity index is 1260. The molecule has 2 atom stereocenters. The van der Waals surface area contributed by atoms with Crippen molar-refractivity contribution in [2.75, 3.05) is 26.2 Å². The number of nitrogens with zero attached hydrogens (tertiary/aromatic N) is 4. The van der Waals surface area contributed by atoms with Gasteiger partial charge in [0.05, 0.1) is 23.0 Å². The van der Waals surface area contributed by atoms with Gasteiger partial charge in [0.2, 0.25) is 15.9 Å². The molecule has 2 aromatic carbocycles. The van der Waals surface area contributed by atoms with Crippen molar-refractivity contribution in [2.45, 2.75) is 42.2 Å². The van der Waals surface area contributed by atoms with E-state index in [4.69, 9.17) is 4.74 Å². The van der Waals surface area contributed by atoms with Crippen molar-refractivity contribution in [2.24, 2.45) is 0 Å². The molecule has 2 aliphatic heterocycles. The van der Waals surface area contributed by atoms with E-state index in [1.165, 1.54) is 12.8 Å². The maximum absolute atomic E-state index is 13.5. The molecule has 0 N–H and O–H groups in total. The molecule has 6 rings (SSSR count). The summed E-state index contributed by atoms with van der Waals surface area (Å²) in [7, 11) is -3.57. The number of hydrogen-bond acceptors (Lipinski definition) is 6. The molecule has 3 fully saturated rings. The van der Waals surface area contributed by atoms with E-state index in [-0.39, 0.29) is 12.1 Å². The SMILES string of the molecule is O=S(=O)(c1cccc(-c2ccccc2)c1)N1CCN2C[C@@H](Oc3cnc(C4CC4)cn3)C[C@H]2C1. The molecule has 0 bridgehead atoms. The highest BCUT2D eigenvalue weighted by molar-refractivity contribution is 7.89. The number of fused-ring (bicyclic) bond motifs is 1. The van der Waals surface area contributed by atoms with E-state index in [1.54, 1.807) is 22.6 Å². The number of rotatable bonds is 6. The van der Waals surface area contributed by atoms with Crippen LogP contribution in [0, 0.1) is 0 Å². The molecule has 0 radical (unpaired) electrons. The Morgan fingerprint density at radius 2 is 1.71 bits per heavy atom. The first-order valence-electron chi connectivity index (χ1n) is 11.9. The molecule has 1 aromatic heterocycles. The van der Waals surface area contributed by atoms with Crippen LogP contribution in [0.5, 0.6) is 5.88 Å². The minimum absolute atomic E-state index is 0.00450. The number of piperazine rings is 1. The van der Waals surface area contributed by atoms with Gasteiger partial charge in [-0.2, -0.15) is 4.31 Å². The van der Waals surface area contributed by atoms with E-state index in [9.17, 15) is 8.42 Å². The van der Waals surface area contributed by atoms with Gasteiger partial charge in [0.1, 0.15) is 6.10 Å². The maximum atomic E-state index is 13.5. The fraction of sp³-hybridized carbons (Fsp3) is 0.385. The summed E-state index contributed by atoms with van der Waals surface area (Å²) in [5.41, 5.74) is 2.96. The normalized spacial score (nSPS) is 23.5. The summed E-state index contributed by atoms with van der Waals surface area (Å²) in [6.45, 7) is 2.45. The van der Waals surface area contributed by atoms with Crippen LogP contribution >= 0.6 is 0 Å². The minimum Gasteiger partial charge on any atom is -0.472 e. The molecule has 1 aliphatic carbocycles.